The first kappa shape index (κ1) is 18.2. The Kier molecular flexibility index (Phi) is 6.96. The van der Waals surface area contributed by atoms with Crippen molar-refractivity contribution < 1.29 is 4.79 Å². The predicted molar refractivity (Wildman–Crippen MR) is 99.1 cm³/mol. The van der Waals surface area contributed by atoms with Crippen molar-refractivity contribution in [3.63, 3.8) is 0 Å². The van der Waals surface area contributed by atoms with Gasteiger partial charge in [-0.05, 0) is 64.7 Å². The summed E-state index contributed by atoms with van der Waals surface area (Å²) in [6.45, 7) is 7.84. The molecule has 24 heavy (non-hydrogen) atoms. The van der Waals surface area contributed by atoms with Gasteiger partial charge in [0, 0.05) is 24.5 Å². The summed E-state index contributed by atoms with van der Waals surface area (Å²) >= 11 is 0. The van der Waals surface area contributed by atoms with Crippen LogP contribution in [-0.4, -0.2) is 60.5 Å². The highest BCUT2D eigenvalue weighted by molar-refractivity contribution is 5.79. The molecule has 4 heteroatoms. The molecule has 1 saturated carbocycles. The summed E-state index contributed by atoms with van der Waals surface area (Å²) in [6.07, 6.45) is 12.9. The van der Waals surface area contributed by atoms with Crippen LogP contribution < -0.4 is 5.32 Å². The molecule has 0 spiro atoms. The van der Waals surface area contributed by atoms with E-state index in [1.807, 2.05) is 0 Å². The van der Waals surface area contributed by atoms with E-state index in [0.717, 1.165) is 45.1 Å². The highest BCUT2D eigenvalue weighted by Gasteiger charge is 2.30. The highest BCUT2D eigenvalue weighted by atomic mass is 16.2. The van der Waals surface area contributed by atoms with Crippen LogP contribution in [0.3, 0.4) is 0 Å². The van der Waals surface area contributed by atoms with Crippen LogP contribution in [-0.2, 0) is 4.79 Å². The first-order valence-electron chi connectivity index (χ1n) is 10.5. The van der Waals surface area contributed by atoms with E-state index in [1.54, 1.807) is 0 Å². The standard InChI is InChI=1S/C20H37N3O/c1-2-22-14-11-17(12-15-22)20(24)21-18-8-7-13-23(16-18)19-9-5-3-4-6-10-19/h17-19H,2-16H2,1H3,(H,21,24)/t18-/m0/s1. The van der Waals surface area contributed by atoms with Gasteiger partial charge in [0.05, 0.1) is 0 Å². The Labute approximate surface area is 148 Å². The molecule has 0 bridgehead atoms. The zero-order valence-electron chi connectivity index (χ0n) is 15.6. The molecule has 2 aliphatic heterocycles. The average Bonchev–Trinajstić information content (AvgIpc) is 2.91. The van der Waals surface area contributed by atoms with Gasteiger partial charge in [0.1, 0.15) is 0 Å². The van der Waals surface area contributed by atoms with E-state index in [0.29, 0.717) is 11.9 Å². The molecule has 1 amide bonds. The van der Waals surface area contributed by atoms with E-state index in [1.165, 1.54) is 57.9 Å². The number of nitrogens with one attached hydrogen (secondary N) is 1. The van der Waals surface area contributed by atoms with Crippen molar-refractivity contribution in [1.29, 1.82) is 0 Å². The van der Waals surface area contributed by atoms with E-state index < -0.39 is 0 Å². The Bertz CT molecular complexity index is 384. The molecule has 138 valence electrons. The molecule has 3 aliphatic rings. The minimum atomic E-state index is 0.251. The minimum absolute atomic E-state index is 0.251. The van der Waals surface area contributed by atoms with E-state index in [2.05, 4.69) is 22.0 Å². The maximum Gasteiger partial charge on any atom is 0.223 e. The van der Waals surface area contributed by atoms with Crippen molar-refractivity contribution >= 4 is 5.91 Å². The maximum atomic E-state index is 12.7. The zero-order chi connectivity index (χ0) is 16.8. The van der Waals surface area contributed by atoms with Crippen molar-refractivity contribution in [3.8, 4) is 0 Å². The smallest absolute Gasteiger partial charge is 0.223 e. The number of carbonyl (C=O) groups excluding carboxylic acids is 1. The van der Waals surface area contributed by atoms with Gasteiger partial charge in [-0.1, -0.05) is 32.6 Å². The molecular formula is C20H37N3O. The molecule has 4 nitrogen and oxygen atoms in total. The summed E-state index contributed by atoms with van der Waals surface area (Å²) in [7, 11) is 0. The number of piperidine rings is 2. The lowest BCUT2D eigenvalue weighted by molar-refractivity contribution is -0.127. The van der Waals surface area contributed by atoms with Gasteiger partial charge in [-0.3, -0.25) is 9.69 Å². The molecule has 0 aromatic heterocycles. The third-order valence-electron chi connectivity index (χ3n) is 6.55. The second-order valence-electron chi connectivity index (χ2n) is 8.20. The second-order valence-corrected chi connectivity index (χ2v) is 8.20. The predicted octanol–water partition coefficient (Wildman–Crippen LogP) is 3.02. The fraction of sp³-hybridized carbons (Fsp3) is 0.950. The van der Waals surface area contributed by atoms with Crippen LogP contribution in [0.2, 0.25) is 0 Å². The summed E-state index contributed by atoms with van der Waals surface area (Å²) in [4.78, 5) is 17.8. The monoisotopic (exact) mass is 335 g/mol. The number of hydrogen-bond acceptors (Lipinski definition) is 3. The van der Waals surface area contributed by atoms with Crippen molar-refractivity contribution in [2.75, 3.05) is 32.7 Å². The first-order valence-corrected chi connectivity index (χ1v) is 10.5. The Hall–Kier alpha value is -0.610. The summed E-state index contributed by atoms with van der Waals surface area (Å²) < 4.78 is 0. The molecule has 0 aromatic carbocycles. The number of carbonyl (C=O) groups is 1. The summed E-state index contributed by atoms with van der Waals surface area (Å²) in [5.74, 6) is 0.583. The van der Waals surface area contributed by atoms with Gasteiger partial charge < -0.3 is 10.2 Å². The third kappa shape index (κ3) is 4.95. The normalized spacial score (nSPS) is 29.3. The highest BCUT2D eigenvalue weighted by Crippen LogP contribution is 2.25. The number of rotatable bonds is 4. The minimum Gasteiger partial charge on any atom is -0.352 e. The number of hydrogen-bond donors (Lipinski definition) is 1. The van der Waals surface area contributed by atoms with Gasteiger partial charge >= 0.3 is 0 Å². The number of amides is 1. The molecule has 2 heterocycles. The lowest BCUT2D eigenvalue weighted by Gasteiger charge is -2.39. The lowest BCUT2D eigenvalue weighted by atomic mass is 9.94. The summed E-state index contributed by atoms with van der Waals surface area (Å²) in [6, 6.07) is 1.17. The average molecular weight is 336 g/mol. The van der Waals surface area contributed by atoms with Crippen LogP contribution in [0.5, 0.6) is 0 Å². The van der Waals surface area contributed by atoms with Crippen LogP contribution in [0.4, 0.5) is 0 Å². The Balaban J connectivity index is 1.45. The first-order chi connectivity index (χ1) is 11.8. The van der Waals surface area contributed by atoms with Crippen molar-refractivity contribution in [2.45, 2.75) is 83.2 Å². The van der Waals surface area contributed by atoms with Crippen LogP contribution >= 0.6 is 0 Å². The molecule has 3 rings (SSSR count). The second kappa shape index (κ2) is 9.19. The fourth-order valence-corrected chi connectivity index (χ4v) is 4.91. The zero-order valence-corrected chi connectivity index (χ0v) is 15.6. The fourth-order valence-electron chi connectivity index (χ4n) is 4.91. The molecular weight excluding hydrogens is 298 g/mol. The molecule has 0 aromatic rings. The van der Waals surface area contributed by atoms with E-state index in [-0.39, 0.29) is 5.92 Å². The number of nitrogens with zero attached hydrogens (tertiary/aromatic N) is 2. The van der Waals surface area contributed by atoms with Crippen molar-refractivity contribution in [3.05, 3.63) is 0 Å². The third-order valence-corrected chi connectivity index (χ3v) is 6.55. The maximum absolute atomic E-state index is 12.7. The Morgan fingerprint density at radius 2 is 1.62 bits per heavy atom. The Morgan fingerprint density at radius 3 is 2.29 bits per heavy atom. The van der Waals surface area contributed by atoms with Crippen molar-refractivity contribution in [2.24, 2.45) is 5.92 Å². The van der Waals surface area contributed by atoms with Gasteiger partial charge in [-0.25, -0.2) is 0 Å². The van der Waals surface area contributed by atoms with Gasteiger partial charge in [-0.15, -0.1) is 0 Å². The van der Waals surface area contributed by atoms with Crippen molar-refractivity contribution in [1.82, 2.24) is 15.1 Å². The topological polar surface area (TPSA) is 35.6 Å². The van der Waals surface area contributed by atoms with Gasteiger partial charge in [0.2, 0.25) is 5.91 Å². The molecule has 0 radical (unpaired) electrons. The largest absolute Gasteiger partial charge is 0.352 e. The van der Waals surface area contributed by atoms with Crippen LogP contribution in [0.1, 0.15) is 71.1 Å². The van der Waals surface area contributed by atoms with Gasteiger partial charge in [0.15, 0.2) is 0 Å². The Morgan fingerprint density at radius 1 is 0.917 bits per heavy atom. The molecule has 3 fully saturated rings. The van der Waals surface area contributed by atoms with E-state index >= 15 is 0 Å². The van der Waals surface area contributed by atoms with E-state index in [9.17, 15) is 4.79 Å². The quantitative estimate of drug-likeness (QED) is 0.802. The van der Waals surface area contributed by atoms with Gasteiger partial charge in [-0.2, -0.15) is 0 Å². The van der Waals surface area contributed by atoms with E-state index in [4.69, 9.17) is 0 Å². The summed E-state index contributed by atoms with van der Waals surface area (Å²) in [5.41, 5.74) is 0. The summed E-state index contributed by atoms with van der Waals surface area (Å²) in [5, 5.41) is 3.41. The van der Waals surface area contributed by atoms with Gasteiger partial charge in [0.25, 0.3) is 0 Å². The molecule has 1 atom stereocenters. The number of likely N-dealkylation sites (tertiary alicyclic amines) is 2. The molecule has 2 saturated heterocycles. The van der Waals surface area contributed by atoms with Crippen LogP contribution in [0.15, 0.2) is 0 Å². The molecule has 1 N–H and O–H groups in total. The molecule has 0 unspecified atom stereocenters. The van der Waals surface area contributed by atoms with Crippen LogP contribution in [0.25, 0.3) is 0 Å². The molecule has 1 aliphatic carbocycles. The lowest BCUT2D eigenvalue weighted by Crippen LogP contribution is -2.52. The van der Waals surface area contributed by atoms with Crippen LogP contribution in [0, 0.1) is 5.92 Å². The SMILES string of the molecule is CCN1CCC(C(=O)N[C@H]2CCCN(C3CCCCCC3)C2)CC1.